The molecule has 3 heterocycles. The van der Waals surface area contributed by atoms with Gasteiger partial charge in [-0.1, -0.05) is 0 Å². The molecule has 1 atom stereocenters. The van der Waals surface area contributed by atoms with Gasteiger partial charge < -0.3 is 19.5 Å². The molecule has 0 saturated carbocycles. The normalized spacial score (nSPS) is 18.7. The van der Waals surface area contributed by atoms with Gasteiger partial charge in [-0.25, -0.2) is 8.42 Å². The summed E-state index contributed by atoms with van der Waals surface area (Å²) in [5, 5.41) is 11.0. The Bertz CT molecular complexity index is 882. The van der Waals surface area contributed by atoms with Crippen LogP contribution in [0.15, 0.2) is 35.2 Å². The number of sulfonamides is 1. The van der Waals surface area contributed by atoms with Crippen LogP contribution in [0.2, 0.25) is 0 Å². The van der Waals surface area contributed by atoms with Crippen molar-refractivity contribution in [1.82, 2.24) is 10.2 Å². The number of nitrogens with one attached hydrogen (secondary N) is 2. The highest BCUT2D eigenvalue weighted by Crippen LogP contribution is 2.34. The van der Waals surface area contributed by atoms with Crippen molar-refractivity contribution in [3.05, 3.63) is 30.3 Å². The maximum Gasteiger partial charge on any atom is 0.263 e. The average Bonchev–Trinajstić information content (AvgIpc) is 3.32. The molecule has 1 aromatic carbocycles. The zero-order chi connectivity index (χ0) is 18.0. The summed E-state index contributed by atoms with van der Waals surface area (Å²) in [6.45, 7) is 1.52. The molecule has 2 N–H and O–H groups in total. The van der Waals surface area contributed by atoms with Crippen LogP contribution in [0.1, 0.15) is 12.8 Å². The minimum absolute atomic E-state index is 0.0594. The van der Waals surface area contributed by atoms with Gasteiger partial charge in [0.1, 0.15) is 5.82 Å². The van der Waals surface area contributed by atoms with Crippen molar-refractivity contribution in [1.29, 1.82) is 0 Å². The Kier molecular flexibility index (Phi) is 4.51. The molecule has 0 amide bonds. The van der Waals surface area contributed by atoms with Crippen molar-refractivity contribution in [3.63, 3.8) is 0 Å². The van der Waals surface area contributed by atoms with Gasteiger partial charge in [-0.2, -0.15) is 0 Å². The molecule has 0 spiro atoms. The number of ether oxygens (including phenoxy) is 3. The molecule has 0 bridgehead atoms. The van der Waals surface area contributed by atoms with Gasteiger partial charge in [0.2, 0.25) is 6.79 Å². The standard InChI is InChI=1S/C16H18N4O5S/c21-26(22,12-3-4-13-14(8-12)25-10-24-13)20-16-6-5-15(18-19-16)17-9-11-2-1-7-23-11/h3-6,8,11H,1-2,7,9-10H2,(H,17,18)(H,19,20). The van der Waals surface area contributed by atoms with E-state index in [0.717, 1.165) is 19.4 Å². The van der Waals surface area contributed by atoms with E-state index in [1.807, 2.05) is 0 Å². The molecule has 1 fully saturated rings. The molecule has 1 saturated heterocycles. The maximum absolute atomic E-state index is 12.5. The Morgan fingerprint density at radius 1 is 1.08 bits per heavy atom. The van der Waals surface area contributed by atoms with Crippen molar-refractivity contribution >= 4 is 21.7 Å². The fraction of sp³-hybridized carbons (Fsp3) is 0.375. The molecule has 10 heteroatoms. The molecule has 26 heavy (non-hydrogen) atoms. The van der Waals surface area contributed by atoms with Crippen molar-refractivity contribution in [2.75, 3.05) is 30.0 Å². The van der Waals surface area contributed by atoms with Crippen molar-refractivity contribution in [2.45, 2.75) is 23.8 Å². The lowest BCUT2D eigenvalue weighted by molar-refractivity contribution is 0.120. The summed E-state index contributed by atoms with van der Waals surface area (Å²) in [7, 11) is -3.80. The Labute approximate surface area is 150 Å². The minimum Gasteiger partial charge on any atom is -0.454 e. The van der Waals surface area contributed by atoms with Crippen LogP contribution in [0.4, 0.5) is 11.6 Å². The van der Waals surface area contributed by atoms with Crippen LogP contribution in [0.5, 0.6) is 11.5 Å². The number of rotatable bonds is 6. The highest BCUT2D eigenvalue weighted by atomic mass is 32.2. The zero-order valence-electron chi connectivity index (χ0n) is 13.8. The fourth-order valence-corrected chi connectivity index (χ4v) is 3.76. The topological polar surface area (TPSA) is 112 Å². The van der Waals surface area contributed by atoms with Gasteiger partial charge in [0, 0.05) is 19.2 Å². The van der Waals surface area contributed by atoms with E-state index in [2.05, 4.69) is 20.2 Å². The molecule has 1 unspecified atom stereocenters. The van der Waals surface area contributed by atoms with Gasteiger partial charge in [-0.15, -0.1) is 10.2 Å². The quantitative estimate of drug-likeness (QED) is 0.780. The molecule has 2 aromatic rings. The second-order valence-electron chi connectivity index (χ2n) is 5.94. The number of anilines is 2. The molecular weight excluding hydrogens is 360 g/mol. The number of aromatic nitrogens is 2. The molecule has 9 nitrogen and oxygen atoms in total. The SMILES string of the molecule is O=S(=O)(Nc1ccc(NCC2CCCO2)nn1)c1ccc2c(c1)OCO2. The number of nitrogens with zero attached hydrogens (tertiary/aromatic N) is 2. The summed E-state index contributed by atoms with van der Waals surface area (Å²) in [5.74, 6) is 1.61. The van der Waals surface area contributed by atoms with E-state index >= 15 is 0 Å². The Balaban J connectivity index is 1.41. The smallest absolute Gasteiger partial charge is 0.263 e. The lowest BCUT2D eigenvalue weighted by Crippen LogP contribution is -2.19. The summed E-state index contributed by atoms with van der Waals surface area (Å²) in [6, 6.07) is 7.63. The zero-order valence-corrected chi connectivity index (χ0v) is 14.7. The van der Waals surface area contributed by atoms with Crippen molar-refractivity contribution < 1.29 is 22.6 Å². The Morgan fingerprint density at radius 2 is 1.88 bits per heavy atom. The highest BCUT2D eigenvalue weighted by Gasteiger charge is 2.21. The van der Waals surface area contributed by atoms with E-state index in [0.29, 0.717) is 23.9 Å². The van der Waals surface area contributed by atoms with E-state index in [4.69, 9.17) is 14.2 Å². The highest BCUT2D eigenvalue weighted by molar-refractivity contribution is 7.92. The Hall–Kier alpha value is -2.59. The predicted molar refractivity (Wildman–Crippen MR) is 92.9 cm³/mol. The largest absolute Gasteiger partial charge is 0.454 e. The van der Waals surface area contributed by atoms with Crippen molar-refractivity contribution in [3.8, 4) is 11.5 Å². The number of hydrogen-bond donors (Lipinski definition) is 2. The van der Waals surface area contributed by atoms with E-state index in [-0.39, 0.29) is 23.6 Å². The third-order valence-electron chi connectivity index (χ3n) is 4.09. The van der Waals surface area contributed by atoms with Gasteiger partial charge in [-0.05, 0) is 37.1 Å². The van der Waals surface area contributed by atoms with Crippen LogP contribution < -0.4 is 19.5 Å². The summed E-state index contributed by atoms with van der Waals surface area (Å²) >= 11 is 0. The van der Waals surface area contributed by atoms with Gasteiger partial charge in [0.15, 0.2) is 17.3 Å². The van der Waals surface area contributed by atoms with Gasteiger partial charge in [0.25, 0.3) is 10.0 Å². The summed E-state index contributed by atoms with van der Waals surface area (Å²) < 4.78 is 43.3. The number of fused-ring (bicyclic) bond motifs is 1. The van der Waals surface area contributed by atoms with Gasteiger partial charge in [0.05, 0.1) is 11.0 Å². The van der Waals surface area contributed by atoms with Gasteiger partial charge >= 0.3 is 0 Å². The predicted octanol–water partition coefficient (Wildman–Crippen LogP) is 1.60. The third kappa shape index (κ3) is 3.65. The first kappa shape index (κ1) is 16.9. The van der Waals surface area contributed by atoms with E-state index in [9.17, 15) is 8.42 Å². The monoisotopic (exact) mass is 378 g/mol. The van der Waals surface area contributed by atoms with Gasteiger partial charge in [-0.3, -0.25) is 4.72 Å². The summed E-state index contributed by atoms with van der Waals surface area (Å²) in [5.41, 5.74) is 0. The number of benzene rings is 1. The second kappa shape index (κ2) is 6.96. The van der Waals surface area contributed by atoms with E-state index in [1.165, 1.54) is 12.1 Å². The first-order chi connectivity index (χ1) is 12.6. The molecular formula is C16H18N4O5S. The molecule has 2 aliphatic heterocycles. The fourth-order valence-electron chi connectivity index (χ4n) is 2.75. The minimum atomic E-state index is -3.80. The summed E-state index contributed by atoms with van der Waals surface area (Å²) in [4.78, 5) is 0.0594. The van der Waals surface area contributed by atoms with Crippen LogP contribution >= 0.6 is 0 Å². The molecule has 0 aliphatic carbocycles. The van der Waals surface area contributed by atoms with E-state index < -0.39 is 10.0 Å². The first-order valence-electron chi connectivity index (χ1n) is 8.22. The average molecular weight is 378 g/mol. The Morgan fingerprint density at radius 3 is 2.65 bits per heavy atom. The molecule has 138 valence electrons. The number of hydrogen-bond acceptors (Lipinski definition) is 8. The third-order valence-corrected chi connectivity index (χ3v) is 5.45. The second-order valence-corrected chi connectivity index (χ2v) is 7.62. The lowest BCUT2D eigenvalue weighted by Gasteiger charge is -2.11. The molecule has 4 rings (SSSR count). The maximum atomic E-state index is 12.5. The van der Waals surface area contributed by atoms with Crippen LogP contribution in [0.3, 0.4) is 0 Å². The molecule has 0 radical (unpaired) electrons. The van der Waals surface area contributed by atoms with Crippen LogP contribution in [0, 0.1) is 0 Å². The molecule has 2 aliphatic rings. The first-order valence-corrected chi connectivity index (χ1v) is 9.70. The van der Waals surface area contributed by atoms with Crippen molar-refractivity contribution in [2.24, 2.45) is 0 Å². The van der Waals surface area contributed by atoms with Crippen LogP contribution in [0.25, 0.3) is 0 Å². The van der Waals surface area contributed by atoms with Crippen LogP contribution in [-0.2, 0) is 14.8 Å². The lowest BCUT2D eigenvalue weighted by atomic mass is 10.2. The summed E-state index contributed by atoms with van der Waals surface area (Å²) in [6.07, 6.45) is 2.27. The molecule has 1 aromatic heterocycles. The van der Waals surface area contributed by atoms with Crippen LogP contribution in [-0.4, -0.2) is 44.7 Å². The van der Waals surface area contributed by atoms with E-state index in [1.54, 1.807) is 18.2 Å².